The van der Waals surface area contributed by atoms with Crippen LogP contribution in [0.15, 0.2) is 36.4 Å². The molecule has 2 rings (SSSR count). The van der Waals surface area contributed by atoms with E-state index < -0.39 is 5.78 Å². The van der Waals surface area contributed by atoms with Gasteiger partial charge in [-0.3, -0.25) is 4.79 Å². The Hall–Kier alpha value is -1.42. The van der Waals surface area contributed by atoms with Gasteiger partial charge in [-0.2, -0.15) is 0 Å². The van der Waals surface area contributed by atoms with Gasteiger partial charge in [0.1, 0.15) is 11.5 Å². The molecule has 0 radical (unpaired) electrons. The van der Waals surface area contributed by atoms with Crippen molar-refractivity contribution < 1.29 is 15.0 Å². The molecule has 2 N–H and O–H groups in total. The fourth-order valence-electron chi connectivity index (χ4n) is 1.53. The fraction of sp³-hybridized carbons (Fsp3) is 0. The van der Waals surface area contributed by atoms with Crippen LogP contribution >= 0.6 is 35.6 Å². The molecule has 0 fully saturated rings. The highest BCUT2D eigenvalue weighted by Crippen LogP contribution is 2.29. The van der Waals surface area contributed by atoms with Gasteiger partial charge in [-0.25, -0.2) is 0 Å². The van der Waals surface area contributed by atoms with Crippen LogP contribution in [0.4, 0.5) is 0 Å². The lowest BCUT2D eigenvalue weighted by Gasteiger charge is -2.06. The van der Waals surface area contributed by atoms with Crippen LogP contribution in [0.3, 0.4) is 0 Å². The van der Waals surface area contributed by atoms with Crippen LogP contribution in [-0.4, -0.2) is 16.0 Å². The van der Waals surface area contributed by atoms with E-state index in [0.717, 1.165) is 0 Å². The summed E-state index contributed by atoms with van der Waals surface area (Å²) in [6, 6.07) is 8.23. The third-order valence-corrected chi connectivity index (χ3v) is 2.88. The molecule has 19 heavy (non-hydrogen) atoms. The molecule has 0 aliphatic heterocycles. The van der Waals surface area contributed by atoms with E-state index >= 15 is 0 Å². The average molecular weight is 320 g/mol. The minimum absolute atomic E-state index is 0. The number of phenolic OH excluding ortho intramolecular Hbond substituents is 2. The van der Waals surface area contributed by atoms with Crippen molar-refractivity contribution in [1.82, 2.24) is 0 Å². The Bertz CT molecular complexity index is 573. The third-order valence-electron chi connectivity index (χ3n) is 2.41. The monoisotopic (exact) mass is 318 g/mol. The lowest BCUT2D eigenvalue weighted by Crippen LogP contribution is -2.02. The number of phenols is 2. The number of ketones is 1. The van der Waals surface area contributed by atoms with Crippen molar-refractivity contribution in [2.75, 3.05) is 0 Å². The van der Waals surface area contributed by atoms with Crippen LogP contribution in [-0.2, 0) is 0 Å². The quantitative estimate of drug-likeness (QED) is 0.821. The molecule has 2 aromatic rings. The van der Waals surface area contributed by atoms with Gasteiger partial charge in [-0.1, -0.05) is 23.2 Å². The van der Waals surface area contributed by atoms with E-state index in [1.54, 1.807) is 0 Å². The summed E-state index contributed by atoms with van der Waals surface area (Å²) >= 11 is 11.5. The first-order valence-electron chi connectivity index (χ1n) is 5.01. The van der Waals surface area contributed by atoms with E-state index in [4.69, 9.17) is 23.2 Å². The van der Waals surface area contributed by atoms with E-state index in [2.05, 4.69) is 0 Å². The molecule has 3 nitrogen and oxygen atoms in total. The lowest BCUT2D eigenvalue weighted by molar-refractivity contribution is 0.103. The second kappa shape index (κ2) is 6.15. The molecule has 0 saturated carbocycles. The summed E-state index contributed by atoms with van der Waals surface area (Å²) in [6.45, 7) is 0. The fourth-order valence-corrected chi connectivity index (χ4v) is 1.87. The topological polar surface area (TPSA) is 57.5 Å². The van der Waals surface area contributed by atoms with Gasteiger partial charge in [-0.05, 0) is 36.4 Å². The highest BCUT2D eigenvalue weighted by Gasteiger charge is 2.17. The zero-order valence-corrected chi connectivity index (χ0v) is 11.8. The van der Waals surface area contributed by atoms with Gasteiger partial charge in [-0.15, -0.1) is 12.4 Å². The number of hydrogen-bond donors (Lipinski definition) is 2. The van der Waals surface area contributed by atoms with Crippen LogP contribution in [0.2, 0.25) is 10.0 Å². The summed E-state index contributed by atoms with van der Waals surface area (Å²) in [5.41, 5.74) is 0.0279. The Kier molecular flexibility index (Phi) is 5.06. The summed E-state index contributed by atoms with van der Waals surface area (Å²) in [5, 5.41) is 19.9. The summed E-state index contributed by atoms with van der Waals surface area (Å²) in [7, 11) is 0. The molecule has 0 aliphatic carbocycles. The first-order valence-corrected chi connectivity index (χ1v) is 5.76. The van der Waals surface area contributed by atoms with E-state index in [0.29, 0.717) is 10.0 Å². The maximum Gasteiger partial charge on any atom is 0.200 e. The van der Waals surface area contributed by atoms with Crippen molar-refractivity contribution in [3.8, 4) is 11.5 Å². The molecule has 2 aromatic carbocycles. The Morgan fingerprint density at radius 2 is 1.21 bits per heavy atom. The van der Waals surface area contributed by atoms with Gasteiger partial charge in [0.15, 0.2) is 0 Å². The molecule has 0 aliphatic rings. The highest BCUT2D eigenvalue weighted by atomic mass is 35.5. The largest absolute Gasteiger partial charge is 0.507 e. The van der Waals surface area contributed by atoms with E-state index in [1.807, 2.05) is 0 Å². The van der Waals surface area contributed by atoms with Crippen LogP contribution < -0.4 is 0 Å². The van der Waals surface area contributed by atoms with Gasteiger partial charge < -0.3 is 10.2 Å². The van der Waals surface area contributed by atoms with Crippen molar-refractivity contribution >= 4 is 41.4 Å². The highest BCUT2D eigenvalue weighted by molar-refractivity contribution is 6.32. The smallest absolute Gasteiger partial charge is 0.200 e. The van der Waals surface area contributed by atoms with Crippen LogP contribution in [0.5, 0.6) is 11.5 Å². The first-order chi connectivity index (χ1) is 8.49. The molecule has 0 aromatic heterocycles. The molecule has 0 unspecified atom stereocenters. The summed E-state index contributed by atoms with van der Waals surface area (Å²) < 4.78 is 0. The van der Waals surface area contributed by atoms with Crippen molar-refractivity contribution in [1.29, 1.82) is 0 Å². The van der Waals surface area contributed by atoms with E-state index in [-0.39, 0.29) is 35.0 Å². The Morgan fingerprint density at radius 3 is 1.58 bits per heavy atom. The van der Waals surface area contributed by atoms with Crippen molar-refractivity contribution in [3.05, 3.63) is 57.6 Å². The Balaban J connectivity index is 0.00000180. The van der Waals surface area contributed by atoms with Gasteiger partial charge >= 0.3 is 0 Å². The summed E-state index contributed by atoms with van der Waals surface area (Å²) in [4.78, 5) is 12.2. The molecule has 0 heterocycles. The molecule has 6 heteroatoms. The zero-order chi connectivity index (χ0) is 13.3. The standard InChI is InChI=1S/C13H8Cl2O3.ClH/c14-7-1-3-11(16)9(5-7)13(18)10-6-8(15)2-4-12(10)17;/h1-6,16-17H;1H. The number of aromatic hydroxyl groups is 2. The maximum absolute atomic E-state index is 12.2. The number of carbonyl (C=O) groups excluding carboxylic acids is 1. The number of carbonyl (C=O) groups is 1. The van der Waals surface area contributed by atoms with Gasteiger partial charge in [0.2, 0.25) is 5.78 Å². The number of benzene rings is 2. The van der Waals surface area contributed by atoms with E-state index in [9.17, 15) is 15.0 Å². The van der Waals surface area contributed by atoms with Crippen LogP contribution in [0.25, 0.3) is 0 Å². The molecule has 0 amide bonds. The van der Waals surface area contributed by atoms with Gasteiger partial charge in [0.05, 0.1) is 11.1 Å². The molecule has 0 bridgehead atoms. The van der Waals surface area contributed by atoms with E-state index in [1.165, 1.54) is 36.4 Å². The summed E-state index contributed by atoms with van der Waals surface area (Å²) in [5.74, 6) is -0.956. The second-order valence-electron chi connectivity index (χ2n) is 3.65. The predicted molar refractivity (Wildman–Crippen MR) is 76.9 cm³/mol. The third kappa shape index (κ3) is 3.32. The van der Waals surface area contributed by atoms with Gasteiger partial charge in [0.25, 0.3) is 0 Å². The number of hydrogen-bond acceptors (Lipinski definition) is 3. The van der Waals surface area contributed by atoms with Crippen molar-refractivity contribution in [3.63, 3.8) is 0 Å². The Labute approximate surface area is 125 Å². The Morgan fingerprint density at radius 1 is 0.842 bits per heavy atom. The number of rotatable bonds is 2. The molecule has 100 valence electrons. The molecule has 0 atom stereocenters. The molecular weight excluding hydrogens is 310 g/mol. The summed E-state index contributed by atoms with van der Waals surface area (Å²) in [6.07, 6.45) is 0. The molecule has 0 saturated heterocycles. The van der Waals surface area contributed by atoms with Crippen LogP contribution in [0.1, 0.15) is 15.9 Å². The average Bonchev–Trinajstić information content (AvgIpc) is 2.34. The molecule has 0 spiro atoms. The van der Waals surface area contributed by atoms with Crippen molar-refractivity contribution in [2.24, 2.45) is 0 Å². The normalized spacial score (nSPS) is 9.79. The van der Waals surface area contributed by atoms with Gasteiger partial charge in [0, 0.05) is 10.0 Å². The number of halogens is 3. The predicted octanol–water partition coefficient (Wildman–Crippen LogP) is 4.06. The zero-order valence-electron chi connectivity index (χ0n) is 9.43. The molecular formula is C13H9Cl3O3. The minimum atomic E-state index is -0.546. The minimum Gasteiger partial charge on any atom is -0.507 e. The second-order valence-corrected chi connectivity index (χ2v) is 4.52. The van der Waals surface area contributed by atoms with Crippen LogP contribution in [0, 0.1) is 0 Å². The van der Waals surface area contributed by atoms with Crippen molar-refractivity contribution in [2.45, 2.75) is 0 Å². The maximum atomic E-state index is 12.2. The lowest BCUT2D eigenvalue weighted by atomic mass is 10.0. The first kappa shape index (κ1) is 15.6. The SMILES string of the molecule is Cl.O=C(c1cc(Cl)ccc1O)c1cc(Cl)ccc1O.